The average Bonchev–Trinajstić information content (AvgIpc) is 3.15. The molecule has 0 atom stereocenters. The van der Waals surface area contributed by atoms with Crippen LogP contribution in [0.5, 0.6) is 5.75 Å². The van der Waals surface area contributed by atoms with Gasteiger partial charge in [-0.05, 0) is 37.3 Å². The molecule has 4 rings (SSSR count). The number of methoxy groups -OCH3 is 1. The number of pyridine rings is 1. The van der Waals surface area contributed by atoms with Gasteiger partial charge >= 0.3 is 6.01 Å². The second-order valence-corrected chi connectivity index (χ2v) is 5.93. The van der Waals surface area contributed by atoms with E-state index >= 15 is 0 Å². The Balaban J connectivity index is 1.58. The highest BCUT2D eigenvalue weighted by Crippen LogP contribution is 2.29. The fourth-order valence-corrected chi connectivity index (χ4v) is 2.73. The molecule has 4 aromatic rings. The molecular formula is C20H16N4O3. The molecule has 0 saturated carbocycles. The zero-order valence-electron chi connectivity index (χ0n) is 14.8. The number of para-hydroxylation sites is 1. The van der Waals surface area contributed by atoms with Crippen molar-refractivity contribution in [3.05, 3.63) is 65.9 Å². The fraction of sp³-hybridized carbons (Fsp3) is 0.100. The van der Waals surface area contributed by atoms with Crippen LogP contribution in [0.15, 0.2) is 59.0 Å². The summed E-state index contributed by atoms with van der Waals surface area (Å²) in [4.78, 5) is 17.0. The van der Waals surface area contributed by atoms with Crippen molar-refractivity contribution in [1.82, 2.24) is 15.2 Å². The van der Waals surface area contributed by atoms with Crippen LogP contribution in [0.2, 0.25) is 0 Å². The summed E-state index contributed by atoms with van der Waals surface area (Å²) in [5.41, 5.74) is 2.75. The summed E-state index contributed by atoms with van der Waals surface area (Å²) in [6.45, 7) is 1.91. The summed E-state index contributed by atoms with van der Waals surface area (Å²) in [6, 6.07) is 16.5. The van der Waals surface area contributed by atoms with E-state index in [0.29, 0.717) is 16.9 Å². The second-order valence-electron chi connectivity index (χ2n) is 5.93. The van der Waals surface area contributed by atoms with Crippen LogP contribution in [0.4, 0.5) is 6.01 Å². The first-order valence-corrected chi connectivity index (χ1v) is 8.30. The van der Waals surface area contributed by atoms with Crippen molar-refractivity contribution in [1.29, 1.82) is 0 Å². The molecule has 2 aromatic carbocycles. The van der Waals surface area contributed by atoms with Crippen molar-refractivity contribution in [2.24, 2.45) is 0 Å². The monoisotopic (exact) mass is 360 g/mol. The Kier molecular flexibility index (Phi) is 4.25. The van der Waals surface area contributed by atoms with Crippen LogP contribution in [0, 0.1) is 6.92 Å². The largest absolute Gasteiger partial charge is 0.496 e. The highest BCUT2D eigenvalue weighted by molar-refractivity contribution is 6.05. The molecule has 27 heavy (non-hydrogen) atoms. The quantitative estimate of drug-likeness (QED) is 0.594. The molecule has 0 fully saturated rings. The van der Waals surface area contributed by atoms with Crippen molar-refractivity contribution in [3.8, 4) is 17.2 Å². The third kappa shape index (κ3) is 3.35. The second kappa shape index (κ2) is 6.87. The molecule has 0 bridgehead atoms. The molecular weight excluding hydrogens is 344 g/mol. The smallest absolute Gasteiger partial charge is 0.322 e. The SMILES string of the molecule is COc1ccccc1-c1nnc(NC(=O)c2ccc3ccc(C)nc3c2)o1. The van der Waals surface area contributed by atoms with Crippen LogP contribution in [0.1, 0.15) is 16.1 Å². The summed E-state index contributed by atoms with van der Waals surface area (Å²) >= 11 is 0. The van der Waals surface area contributed by atoms with Gasteiger partial charge in [0.15, 0.2) is 0 Å². The minimum atomic E-state index is -0.351. The lowest BCUT2D eigenvalue weighted by molar-refractivity contribution is 0.102. The van der Waals surface area contributed by atoms with Gasteiger partial charge in [-0.2, -0.15) is 0 Å². The maximum atomic E-state index is 12.5. The molecule has 1 amide bonds. The molecule has 0 unspecified atom stereocenters. The van der Waals surface area contributed by atoms with E-state index in [1.807, 2.05) is 37.3 Å². The van der Waals surface area contributed by atoms with E-state index < -0.39 is 0 Å². The van der Waals surface area contributed by atoms with E-state index in [2.05, 4.69) is 20.5 Å². The Labute approximate surface area is 155 Å². The van der Waals surface area contributed by atoms with Gasteiger partial charge < -0.3 is 9.15 Å². The zero-order valence-corrected chi connectivity index (χ0v) is 14.8. The Morgan fingerprint density at radius 1 is 1.07 bits per heavy atom. The number of rotatable bonds is 4. The van der Waals surface area contributed by atoms with Gasteiger partial charge in [0, 0.05) is 16.6 Å². The van der Waals surface area contributed by atoms with E-state index in [-0.39, 0.29) is 17.8 Å². The summed E-state index contributed by atoms with van der Waals surface area (Å²) in [5, 5.41) is 11.5. The number of ether oxygens (including phenoxy) is 1. The Hall–Kier alpha value is -3.74. The summed E-state index contributed by atoms with van der Waals surface area (Å²) < 4.78 is 10.8. The van der Waals surface area contributed by atoms with E-state index in [0.717, 1.165) is 16.6 Å². The molecule has 0 aliphatic heterocycles. The van der Waals surface area contributed by atoms with E-state index in [1.54, 1.807) is 31.4 Å². The van der Waals surface area contributed by atoms with Crippen molar-refractivity contribution >= 4 is 22.8 Å². The standard InChI is InChI=1S/C20H16N4O3/c1-12-7-8-13-9-10-14(11-16(13)21-12)18(25)22-20-24-23-19(27-20)15-5-3-4-6-17(15)26-2/h3-11H,1-2H3,(H,22,24,25). The van der Waals surface area contributed by atoms with Gasteiger partial charge in [0.25, 0.3) is 11.8 Å². The molecule has 0 spiro atoms. The van der Waals surface area contributed by atoms with Crippen molar-refractivity contribution in [2.45, 2.75) is 6.92 Å². The lowest BCUT2D eigenvalue weighted by Crippen LogP contribution is -2.12. The number of hydrogen-bond donors (Lipinski definition) is 1. The van der Waals surface area contributed by atoms with Crippen LogP contribution in [0.3, 0.4) is 0 Å². The van der Waals surface area contributed by atoms with Crippen molar-refractivity contribution in [2.75, 3.05) is 12.4 Å². The van der Waals surface area contributed by atoms with Gasteiger partial charge in [0.1, 0.15) is 5.75 Å². The number of aromatic nitrogens is 3. The summed E-state index contributed by atoms with van der Waals surface area (Å²) in [5.74, 6) is 0.518. The maximum Gasteiger partial charge on any atom is 0.322 e. The predicted octanol–water partition coefficient (Wildman–Crippen LogP) is 3.85. The lowest BCUT2D eigenvalue weighted by atomic mass is 10.1. The highest BCUT2D eigenvalue weighted by atomic mass is 16.5. The maximum absolute atomic E-state index is 12.5. The average molecular weight is 360 g/mol. The predicted molar refractivity (Wildman–Crippen MR) is 101 cm³/mol. The van der Waals surface area contributed by atoms with Gasteiger partial charge in [-0.3, -0.25) is 15.1 Å². The Morgan fingerprint density at radius 3 is 2.74 bits per heavy atom. The van der Waals surface area contributed by atoms with E-state index in [4.69, 9.17) is 9.15 Å². The number of amides is 1. The zero-order chi connectivity index (χ0) is 18.8. The summed E-state index contributed by atoms with van der Waals surface area (Å²) in [7, 11) is 1.56. The Morgan fingerprint density at radius 2 is 1.89 bits per heavy atom. The number of fused-ring (bicyclic) bond motifs is 1. The number of carbonyl (C=O) groups is 1. The topological polar surface area (TPSA) is 90.1 Å². The number of hydrogen-bond acceptors (Lipinski definition) is 6. The number of benzene rings is 2. The van der Waals surface area contributed by atoms with E-state index in [9.17, 15) is 4.79 Å². The van der Waals surface area contributed by atoms with Crippen LogP contribution in [0.25, 0.3) is 22.4 Å². The van der Waals surface area contributed by atoms with Crippen LogP contribution in [-0.4, -0.2) is 28.2 Å². The van der Waals surface area contributed by atoms with Gasteiger partial charge in [-0.1, -0.05) is 29.4 Å². The highest BCUT2D eigenvalue weighted by Gasteiger charge is 2.15. The molecule has 7 nitrogen and oxygen atoms in total. The lowest BCUT2D eigenvalue weighted by Gasteiger charge is -2.04. The molecule has 0 aliphatic rings. The van der Waals surface area contributed by atoms with Crippen molar-refractivity contribution in [3.63, 3.8) is 0 Å². The van der Waals surface area contributed by atoms with Gasteiger partial charge in [0.2, 0.25) is 0 Å². The van der Waals surface area contributed by atoms with E-state index in [1.165, 1.54) is 0 Å². The molecule has 0 aliphatic carbocycles. The first-order valence-electron chi connectivity index (χ1n) is 8.30. The first-order chi connectivity index (χ1) is 13.1. The first kappa shape index (κ1) is 16.7. The minimum absolute atomic E-state index is 0.0122. The fourth-order valence-electron chi connectivity index (χ4n) is 2.73. The normalized spacial score (nSPS) is 10.7. The third-order valence-electron chi connectivity index (χ3n) is 4.08. The molecule has 0 saturated heterocycles. The van der Waals surface area contributed by atoms with Crippen LogP contribution < -0.4 is 10.1 Å². The van der Waals surface area contributed by atoms with Crippen LogP contribution in [-0.2, 0) is 0 Å². The van der Waals surface area contributed by atoms with Gasteiger partial charge in [-0.25, -0.2) is 0 Å². The van der Waals surface area contributed by atoms with Crippen LogP contribution >= 0.6 is 0 Å². The molecule has 2 heterocycles. The number of nitrogens with one attached hydrogen (secondary N) is 1. The minimum Gasteiger partial charge on any atom is -0.496 e. The molecule has 1 N–H and O–H groups in total. The molecule has 2 aromatic heterocycles. The van der Waals surface area contributed by atoms with Gasteiger partial charge in [0.05, 0.1) is 18.2 Å². The Bertz CT molecular complexity index is 1140. The number of nitrogens with zero attached hydrogens (tertiary/aromatic N) is 3. The molecule has 134 valence electrons. The van der Waals surface area contributed by atoms with Gasteiger partial charge in [-0.15, -0.1) is 5.10 Å². The molecule has 0 radical (unpaired) electrons. The van der Waals surface area contributed by atoms with Crippen molar-refractivity contribution < 1.29 is 13.9 Å². The molecule has 7 heteroatoms. The number of aryl methyl sites for hydroxylation is 1. The number of carbonyl (C=O) groups excluding carboxylic acids is 1. The number of anilines is 1. The summed E-state index contributed by atoms with van der Waals surface area (Å²) in [6.07, 6.45) is 0. The third-order valence-corrected chi connectivity index (χ3v) is 4.08.